The molecule has 0 saturated carbocycles. The van der Waals surface area contributed by atoms with Gasteiger partial charge in [-0.2, -0.15) is 4.68 Å². The lowest BCUT2D eigenvalue weighted by Crippen LogP contribution is -2.21. The number of carbonyl (C=O) groups is 2. The molecule has 2 rings (SSSR count). The fraction of sp³-hybridized carbons (Fsp3) is 0.267. The number of furan rings is 1. The maximum absolute atomic E-state index is 12.1. The van der Waals surface area contributed by atoms with Crippen LogP contribution in [0.5, 0.6) is 0 Å². The van der Waals surface area contributed by atoms with Crippen molar-refractivity contribution in [1.29, 1.82) is 0 Å². The first-order valence-electron chi connectivity index (χ1n) is 7.42. The number of hydrogen-bond acceptors (Lipinski definition) is 7. The van der Waals surface area contributed by atoms with Crippen molar-refractivity contribution in [2.24, 2.45) is 0 Å². The molecule has 0 aliphatic heterocycles. The van der Waals surface area contributed by atoms with Crippen LogP contribution in [0.3, 0.4) is 0 Å². The number of carbonyl (C=O) groups excluding carboxylic acids is 2. The standard InChI is InChI=1S/C15H15BrN4O6/c1-3-25-13(21)6-9(2)17-15(22)12-5-4-10(26-12)7-19-8-11(16)14(18-19)20(23)24/h4-6,8H,3,7H2,1-2H3,(H,17,22)/b9-6+. The Hall–Kier alpha value is -2.95. The number of nitrogens with zero attached hydrogens (tertiary/aromatic N) is 3. The van der Waals surface area contributed by atoms with Gasteiger partial charge in [-0.1, -0.05) is 0 Å². The minimum atomic E-state index is -0.611. The highest BCUT2D eigenvalue weighted by Gasteiger charge is 2.20. The fourth-order valence-corrected chi connectivity index (χ4v) is 2.43. The predicted molar refractivity (Wildman–Crippen MR) is 92.2 cm³/mol. The third-order valence-corrected chi connectivity index (χ3v) is 3.57. The van der Waals surface area contributed by atoms with E-state index in [1.165, 1.54) is 16.9 Å². The van der Waals surface area contributed by atoms with Gasteiger partial charge in [0.15, 0.2) is 5.76 Å². The molecular formula is C15H15BrN4O6. The Morgan fingerprint density at radius 3 is 2.85 bits per heavy atom. The van der Waals surface area contributed by atoms with Crippen LogP contribution in [-0.4, -0.2) is 33.2 Å². The number of allylic oxidation sites excluding steroid dienone is 1. The second kappa shape index (κ2) is 8.43. The lowest BCUT2D eigenvalue weighted by Gasteiger charge is -2.03. The molecule has 1 N–H and O–H groups in total. The van der Waals surface area contributed by atoms with Crippen molar-refractivity contribution < 1.29 is 23.7 Å². The van der Waals surface area contributed by atoms with Crippen LogP contribution in [-0.2, 0) is 16.1 Å². The van der Waals surface area contributed by atoms with Crippen LogP contribution < -0.4 is 5.32 Å². The Bertz CT molecular complexity index is 869. The highest BCUT2D eigenvalue weighted by molar-refractivity contribution is 9.10. The topological polar surface area (TPSA) is 130 Å². The molecule has 0 radical (unpaired) electrons. The van der Waals surface area contributed by atoms with Crippen LogP contribution in [0.15, 0.2) is 39.0 Å². The molecule has 11 heteroatoms. The number of nitro groups is 1. The van der Waals surface area contributed by atoms with E-state index in [0.717, 1.165) is 6.08 Å². The average molecular weight is 427 g/mol. The Morgan fingerprint density at radius 1 is 1.50 bits per heavy atom. The third-order valence-electron chi connectivity index (χ3n) is 3.01. The molecule has 26 heavy (non-hydrogen) atoms. The van der Waals surface area contributed by atoms with E-state index in [4.69, 9.17) is 9.15 Å². The third kappa shape index (κ3) is 5.02. The molecule has 2 heterocycles. The molecular weight excluding hydrogens is 412 g/mol. The van der Waals surface area contributed by atoms with Gasteiger partial charge in [0, 0.05) is 11.8 Å². The first-order chi connectivity index (χ1) is 12.3. The monoisotopic (exact) mass is 426 g/mol. The van der Waals surface area contributed by atoms with Crippen LogP contribution in [0, 0.1) is 10.1 Å². The maximum atomic E-state index is 12.1. The Balaban J connectivity index is 2.02. The lowest BCUT2D eigenvalue weighted by atomic mass is 10.3. The summed E-state index contributed by atoms with van der Waals surface area (Å²) in [5, 5.41) is 17.1. The summed E-state index contributed by atoms with van der Waals surface area (Å²) < 4.78 is 11.7. The smallest absolute Gasteiger partial charge is 0.404 e. The molecule has 2 aromatic rings. The Labute approximate surface area is 156 Å². The van der Waals surface area contributed by atoms with Crippen LogP contribution >= 0.6 is 15.9 Å². The van der Waals surface area contributed by atoms with Gasteiger partial charge in [0.2, 0.25) is 0 Å². The zero-order valence-corrected chi connectivity index (χ0v) is 15.5. The van der Waals surface area contributed by atoms with E-state index >= 15 is 0 Å². The maximum Gasteiger partial charge on any atom is 0.404 e. The molecule has 0 spiro atoms. The second-order valence-corrected chi connectivity index (χ2v) is 5.91. The normalized spacial score (nSPS) is 11.3. The first-order valence-corrected chi connectivity index (χ1v) is 8.22. The van der Waals surface area contributed by atoms with E-state index in [-0.39, 0.29) is 29.2 Å². The summed E-state index contributed by atoms with van der Waals surface area (Å²) in [7, 11) is 0. The molecule has 1 amide bonds. The van der Waals surface area contributed by atoms with Crippen molar-refractivity contribution in [3.8, 4) is 0 Å². The summed E-state index contributed by atoms with van der Waals surface area (Å²) >= 11 is 3.05. The number of amides is 1. The van der Waals surface area contributed by atoms with Gasteiger partial charge in [0.05, 0.1) is 17.9 Å². The van der Waals surface area contributed by atoms with Crippen molar-refractivity contribution in [2.75, 3.05) is 6.61 Å². The lowest BCUT2D eigenvalue weighted by molar-refractivity contribution is -0.390. The largest absolute Gasteiger partial charge is 0.463 e. The SMILES string of the molecule is CCOC(=O)/C=C(\C)NC(=O)c1ccc(Cn2cc(Br)c([N+](=O)[O-])n2)o1. The van der Waals surface area contributed by atoms with E-state index in [1.807, 2.05) is 0 Å². The molecule has 0 aromatic carbocycles. The van der Waals surface area contributed by atoms with Crippen molar-refractivity contribution in [2.45, 2.75) is 20.4 Å². The van der Waals surface area contributed by atoms with Crippen molar-refractivity contribution in [1.82, 2.24) is 15.1 Å². The van der Waals surface area contributed by atoms with Crippen LogP contribution in [0.4, 0.5) is 5.82 Å². The molecule has 10 nitrogen and oxygen atoms in total. The van der Waals surface area contributed by atoms with Gasteiger partial charge in [0.25, 0.3) is 5.91 Å². The van der Waals surface area contributed by atoms with Crippen LogP contribution in [0.1, 0.15) is 30.2 Å². The summed E-state index contributed by atoms with van der Waals surface area (Å²) in [6.45, 7) is 3.56. The molecule has 0 atom stereocenters. The number of esters is 1. The highest BCUT2D eigenvalue weighted by Crippen LogP contribution is 2.22. The summed E-state index contributed by atoms with van der Waals surface area (Å²) in [5.41, 5.74) is 0.304. The summed E-state index contributed by atoms with van der Waals surface area (Å²) in [5.74, 6) is -1.00. The number of nitrogens with one attached hydrogen (secondary N) is 1. The van der Waals surface area contributed by atoms with Crippen molar-refractivity contribution >= 4 is 33.6 Å². The van der Waals surface area contributed by atoms with Gasteiger partial charge in [-0.05, 0) is 46.8 Å². The van der Waals surface area contributed by atoms with Gasteiger partial charge >= 0.3 is 11.8 Å². The summed E-state index contributed by atoms with van der Waals surface area (Å²) in [4.78, 5) is 33.6. The van der Waals surface area contributed by atoms with Gasteiger partial charge in [-0.15, -0.1) is 0 Å². The number of halogens is 1. The van der Waals surface area contributed by atoms with Crippen LogP contribution in [0.2, 0.25) is 0 Å². The van der Waals surface area contributed by atoms with Gasteiger partial charge in [-0.25, -0.2) is 4.79 Å². The summed E-state index contributed by atoms with van der Waals surface area (Å²) in [6, 6.07) is 3.01. The number of rotatable bonds is 7. The second-order valence-electron chi connectivity index (χ2n) is 5.05. The van der Waals surface area contributed by atoms with E-state index < -0.39 is 16.8 Å². The average Bonchev–Trinajstić information content (AvgIpc) is 3.14. The quantitative estimate of drug-likeness (QED) is 0.311. The minimum Gasteiger partial charge on any atom is -0.463 e. The van der Waals surface area contributed by atoms with Crippen molar-refractivity contribution in [3.05, 3.63) is 56.2 Å². The molecule has 138 valence electrons. The minimum absolute atomic E-state index is 0.0253. The molecule has 0 aliphatic rings. The number of aromatic nitrogens is 2. The van der Waals surface area contributed by atoms with Crippen molar-refractivity contribution in [3.63, 3.8) is 0 Å². The van der Waals surface area contributed by atoms with Gasteiger partial charge < -0.3 is 24.6 Å². The molecule has 0 saturated heterocycles. The van der Waals surface area contributed by atoms with Crippen LogP contribution in [0.25, 0.3) is 0 Å². The molecule has 0 bridgehead atoms. The number of ether oxygens (including phenoxy) is 1. The van der Waals surface area contributed by atoms with Gasteiger partial charge in [-0.3, -0.25) is 4.79 Å². The Morgan fingerprint density at radius 2 is 2.23 bits per heavy atom. The number of hydrogen-bond donors (Lipinski definition) is 1. The predicted octanol–water partition coefficient (Wildman–Crippen LogP) is 2.39. The Kier molecular flexibility index (Phi) is 6.28. The zero-order valence-electron chi connectivity index (χ0n) is 13.9. The first kappa shape index (κ1) is 19.4. The van der Waals surface area contributed by atoms with E-state index in [2.05, 4.69) is 26.3 Å². The van der Waals surface area contributed by atoms with E-state index in [9.17, 15) is 19.7 Å². The molecule has 0 unspecified atom stereocenters. The van der Waals surface area contributed by atoms with Gasteiger partial charge in [0.1, 0.15) is 16.8 Å². The highest BCUT2D eigenvalue weighted by atomic mass is 79.9. The van der Waals surface area contributed by atoms with E-state index in [1.54, 1.807) is 19.9 Å². The molecule has 0 fully saturated rings. The fourth-order valence-electron chi connectivity index (χ4n) is 1.97. The molecule has 0 aliphatic carbocycles. The summed E-state index contributed by atoms with van der Waals surface area (Å²) in [6.07, 6.45) is 2.60. The van der Waals surface area contributed by atoms with E-state index in [0.29, 0.717) is 11.5 Å². The zero-order chi connectivity index (χ0) is 19.3. The molecule has 2 aromatic heterocycles.